The molecular formula is C26H26N2O5. The molecule has 0 saturated carbocycles. The first-order valence-corrected chi connectivity index (χ1v) is 10.6. The predicted octanol–water partition coefficient (Wildman–Crippen LogP) is 3.51. The molecular weight excluding hydrogens is 420 g/mol. The minimum absolute atomic E-state index is 0.287. The molecule has 3 aromatic rings. The van der Waals surface area contributed by atoms with Crippen molar-refractivity contribution in [3.05, 3.63) is 83.9 Å². The summed E-state index contributed by atoms with van der Waals surface area (Å²) in [6.07, 6.45) is -1.63. The second-order valence-corrected chi connectivity index (χ2v) is 7.93. The molecule has 0 aromatic heterocycles. The number of Topliss-reactive ketones (excluding diaryl/α,β-unsaturated/α-hetero) is 1. The van der Waals surface area contributed by atoms with Crippen LogP contribution >= 0.6 is 0 Å². The van der Waals surface area contributed by atoms with E-state index in [0.29, 0.717) is 28.4 Å². The summed E-state index contributed by atoms with van der Waals surface area (Å²) in [7, 11) is 3.09. The van der Waals surface area contributed by atoms with Gasteiger partial charge in [0.1, 0.15) is 17.6 Å². The standard InChI is InChI=1S/C26H26N2O5/c1-17(29)24(30)26(27-19-9-11-20(32-2)12-10-19)22-15-21(33-3)13-14-23(22)28(25(26)31)16-18-7-5-4-6-8-18/h4-15,24,27,30H,16H2,1-3H3/t24-,26-/m0/s1. The molecule has 1 amide bonds. The highest BCUT2D eigenvalue weighted by Crippen LogP contribution is 2.47. The smallest absolute Gasteiger partial charge is 0.260 e. The molecule has 4 rings (SSSR count). The Labute approximate surface area is 192 Å². The largest absolute Gasteiger partial charge is 0.497 e. The number of amides is 1. The fourth-order valence-electron chi connectivity index (χ4n) is 4.21. The number of hydrogen-bond donors (Lipinski definition) is 2. The Kier molecular flexibility index (Phi) is 6.07. The Balaban J connectivity index is 1.88. The number of fused-ring (bicyclic) bond motifs is 1. The Morgan fingerprint density at radius 2 is 1.64 bits per heavy atom. The first-order valence-electron chi connectivity index (χ1n) is 10.6. The summed E-state index contributed by atoms with van der Waals surface area (Å²) in [5, 5.41) is 14.4. The van der Waals surface area contributed by atoms with Gasteiger partial charge >= 0.3 is 0 Å². The zero-order chi connectivity index (χ0) is 23.6. The number of nitrogens with zero attached hydrogens (tertiary/aromatic N) is 1. The second-order valence-electron chi connectivity index (χ2n) is 7.93. The average molecular weight is 447 g/mol. The van der Waals surface area contributed by atoms with E-state index in [1.54, 1.807) is 54.5 Å². The Bertz CT molecular complexity index is 1160. The van der Waals surface area contributed by atoms with Gasteiger partial charge in [0.2, 0.25) is 0 Å². The summed E-state index contributed by atoms with van der Waals surface area (Å²) in [4.78, 5) is 28.1. The van der Waals surface area contributed by atoms with Crippen molar-refractivity contribution < 1.29 is 24.2 Å². The number of aliphatic hydroxyl groups excluding tert-OH is 1. The molecule has 0 aliphatic carbocycles. The maximum atomic E-state index is 14.0. The van der Waals surface area contributed by atoms with E-state index in [1.165, 1.54) is 14.0 Å². The highest BCUT2D eigenvalue weighted by Gasteiger charge is 2.57. The Morgan fingerprint density at radius 3 is 2.24 bits per heavy atom. The summed E-state index contributed by atoms with van der Waals surface area (Å²) in [5.74, 6) is 0.208. The third-order valence-corrected chi connectivity index (χ3v) is 5.91. The topological polar surface area (TPSA) is 88.1 Å². The molecule has 3 aromatic carbocycles. The summed E-state index contributed by atoms with van der Waals surface area (Å²) in [5.41, 5.74) is 0.830. The van der Waals surface area contributed by atoms with Gasteiger partial charge in [0.25, 0.3) is 5.91 Å². The predicted molar refractivity (Wildman–Crippen MR) is 126 cm³/mol. The quantitative estimate of drug-likeness (QED) is 0.551. The van der Waals surface area contributed by atoms with Crippen LogP contribution in [0.15, 0.2) is 72.8 Å². The minimum atomic E-state index is -1.72. The molecule has 0 unspecified atom stereocenters. The minimum Gasteiger partial charge on any atom is -0.497 e. The molecule has 0 fully saturated rings. The monoisotopic (exact) mass is 446 g/mol. The first-order chi connectivity index (χ1) is 15.9. The fraction of sp³-hybridized carbons (Fsp3) is 0.231. The summed E-state index contributed by atoms with van der Waals surface area (Å²) in [6.45, 7) is 1.56. The van der Waals surface area contributed by atoms with E-state index >= 15 is 0 Å². The van der Waals surface area contributed by atoms with Crippen molar-refractivity contribution in [2.75, 3.05) is 24.4 Å². The highest BCUT2D eigenvalue weighted by atomic mass is 16.5. The molecule has 2 atom stereocenters. The summed E-state index contributed by atoms with van der Waals surface area (Å²) >= 11 is 0. The van der Waals surface area contributed by atoms with Crippen LogP contribution in [-0.2, 0) is 21.7 Å². The number of carbonyl (C=O) groups is 2. The van der Waals surface area contributed by atoms with Gasteiger partial charge < -0.3 is 24.8 Å². The van der Waals surface area contributed by atoms with Crippen LogP contribution in [0.25, 0.3) is 0 Å². The van der Waals surface area contributed by atoms with Gasteiger partial charge in [0.05, 0.1) is 26.5 Å². The van der Waals surface area contributed by atoms with Crippen LogP contribution in [0.3, 0.4) is 0 Å². The van der Waals surface area contributed by atoms with Crippen molar-refractivity contribution in [3.63, 3.8) is 0 Å². The molecule has 0 saturated heterocycles. The van der Waals surface area contributed by atoms with Gasteiger partial charge in [-0.15, -0.1) is 0 Å². The number of ether oxygens (including phenoxy) is 2. The summed E-state index contributed by atoms with van der Waals surface area (Å²) < 4.78 is 10.6. The van der Waals surface area contributed by atoms with Gasteiger partial charge in [-0.2, -0.15) is 0 Å². The van der Waals surface area contributed by atoms with E-state index in [-0.39, 0.29) is 6.54 Å². The van der Waals surface area contributed by atoms with Crippen molar-refractivity contribution in [2.24, 2.45) is 0 Å². The third kappa shape index (κ3) is 3.91. The van der Waals surface area contributed by atoms with Crippen LogP contribution in [0, 0.1) is 0 Å². The second kappa shape index (κ2) is 8.96. The molecule has 7 nitrogen and oxygen atoms in total. The number of nitrogens with one attached hydrogen (secondary N) is 1. The SMILES string of the molecule is COc1ccc(N[C@@]2([C@@H](O)C(C)=O)C(=O)N(Cc3ccccc3)c3ccc(OC)cc32)cc1. The zero-order valence-electron chi connectivity index (χ0n) is 18.7. The molecule has 0 spiro atoms. The summed E-state index contributed by atoms with van der Waals surface area (Å²) in [6, 6.07) is 21.7. The van der Waals surface area contributed by atoms with Gasteiger partial charge in [-0.05, 0) is 55.0 Å². The number of aliphatic hydroxyl groups is 1. The van der Waals surface area contributed by atoms with Crippen LogP contribution in [0.4, 0.5) is 11.4 Å². The molecule has 1 aliphatic rings. The van der Waals surface area contributed by atoms with Crippen molar-refractivity contribution in [2.45, 2.75) is 25.1 Å². The number of methoxy groups -OCH3 is 2. The molecule has 1 aliphatic heterocycles. The van der Waals surface area contributed by atoms with Crippen LogP contribution in [0.2, 0.25) is 0 Å². The van der Waals surface area contributed by atoms with E-state index in [9.17, 15) is 14.7 Å². The molecule has 0 radical (unpaired) electrons. The van der Waals surface area contributed by atoms with Crippen LogP contribution in [-0.4, -0.2) is 37.1 Å². The van der Waals surface area contributed by atoms with Gasteiger partial charge in [-0.25, -0.2) is 0 Å². The molecule has 7 heteroatoms. The lowest BCUT2D eigenvalue weighted by molar-refractivity contribution is -0.136. The lowest BCUT2D eigenvalue weighted by Crippen LogP contribution is -2.56. The number of rotatable bonds is 8. The first kappa shape index (κ1) is 22.4. The van der Waals surface area contributed by atoms with Crippen molar-refractivity contribution >= 4 is 23.1 Å². The van der Waals surface area contributed by atoms with E-state index in [2.05, 4.69) is 5.32 Å². The number of carbonyl (C=O) groups excluding carboxylic acids is 2. The van der Waals surface area contributed by atoms with Gasteiger partial charge in [0, 0.05) is 11.3 Å². The lowest BCUT2D eigenvalue weighted by Gasteiger charge is -2.34. The van der Waals surface area contributed by atoms with Crippen molar-refractivity contribution in [1.82, 2.24) is 0 Å². The van der Waals surface area contributed by atoms with Crippen LogP contribution in [0.1, 0.15) is 18.1 Å². The number of hydrogen-bond acceptors (Lipinski definition) is 6. The van der Waals surface area contributed by atoms with Gasteiger partial charge in [-0.3, -0.25) is 9.59 Å². The fourth-order valence-corrected chi connectivity index (χ4v) is 4.21. The van der Waals surface area contributed by atoms with Crippen molar-refractivity contribution in [3.8, 4) is 11.5 Å². The Morgan fingerprint density at radius 1 is 1.00 bits per heavy atom. The normalized spacial score (nSPS) is 17.9. The molecule has 0 bridgehead atoms. The van der Waals surface area contributed by atoms with Gasteiger partial charge in [-0.1, -0.05) is 30.3 Å². The van der Waals surface area contributed by atoms with Gasteiger partial charge in [0.15, 0.2) is 11.3 Å². The lowest BCUT2D eigenvalue weighted by atomic mass is 9.83. The number of anilines is 2. The molecule has 1 heterocycles. The number of ketones is 1. The van der Waals surface area contributed by atoms with Crippen LogP contribution < -0.4 is 19.7 Å². The Hall–Kier alpha value is -3.84. The average Bonchev–Trinajstić information content (AvgIpc) is 3.07. The van der Waals surface area contributed by atoms with E-state index < -0.39 is 23.3 Å². The van der Waals surface area contributed by atoms with Crippen LogP contribution in [0.5, 0.6) is 11.5 Å². The maximum absolute atomic E-state index is 14.0. The highest BCUT2D eigenvalue weighted by molar-refractivity contribution is 6.12. The molecule has 2 N–H and O–H groups in total. The maximum Gasteiger partial charge on any atom is 0.260 e. The van der Waals surface area contributed by atoms with Crippen molar-refractivity contribution in [1.29, 1.82) is 0 Å². The number of benzene rings is 3. The zero-order valence-corrected chi connectivity index (χ0v) is 18.7. The van der Waals surface area contributed by atoms with E-state index in [1.807, 2.05) is 30.3 Å². The third-order valence-electron chi connectivity index (χ3n) is 5.91. The van der Waals surface area contributed by atoms with E-state index in [0.717, 1.165) is 5.56 Å². The molecule has 170 valence electrons. The van der Waals surface area contributed by atoms with E-state index in [4.69, 9.17) is 9.47 Å². The molecule has 33 heavy (non-hydrogen) atoms.